The predicted octanol–water partition coefficient (Wildman–Crippen LogP) is 2.83. The average Bonchev–Trinajstić information content (AvgIpc) is 2.41. The molecule has 0 bridgehead atoms. The fourth-order valence-corrected chi connectivity index (χ4v) is 2.49. The summed E-state index contributed by atoms with van der Waals surface area (Å²) in [7, 11) is 1.78. The van der Waals surface area contributed by atoms with Gasteiger partial charge in [0.15, 0.2) is 0 Å². The van der Waals surface area contributed by atoms with Crippen molar-refractivity contribution in [2.45, 2.75) is 52.0 Å². The van der Waals surface area contributed by atoms with Crippen molar-refractivity contribution < 1.29 is 4.74 Å². The first-order valence-electron chi connectivity index (χ1n) is 6.46. The first-order valence-corrected chi connectivity index (χ1v) is 6.46. The van der Waals surface area contributed by atoms with Gasteiger partial charge < -0.3 is 10.1 Å². The van der Waals surface area contributed by atoms with Crippen LogP contribution >= 0.6 is 0 Å². The van der Waals surface area contributed by atoms with Gasteiger partial charge in [0.05, 0.1) is 0 Å². The van der Waals surface area contributed by atoms with Crippen molar-refractivity contribution in [2.75, 3.05) is 20.3 Å². The fourth-order valence-electron chi connectivity index (χ4n) is 2.49. The van der Waals surface area contributed by atoms with Crippen LogP contribution in [0.5, 0.6) is 0 Å². The molecule has 0 aromatic rings. The van der Waals surface area contributed by atoms with E-state index < -0.39 is 0 Å². The molecule has 2 heteroatoms. The van der Waals surface area contributed by atoms with E-state index in [1.54, 1.807) is 7.11 Å². The molecule has 0 aliphatic heterocycles. The lowest BCUT2D eigenvalue weighted by molar-refractivity contribution is 0.154. The van der Waals surface area contributed by atoms with Gasteiger partial charge in [-0.05, 0) is 24.7 Å². The summed E-state index contributed by atoms with van der Waals surface area (Å²) in [5.74, 6) is 1.48. The first-order chi connectivity index (χ1) is 7.24. The molecule has 1 rings (SSSR count). The highest BCUT2D eigenvalue weighted by Crippen LogP contribution is 2.22. The van der Waals surface area contributed by atoms with Crippen LogP contribution in [0.1, 0.15) is 46.0 Å². The van der Waals surface area contributed by atoms with Crippen molar-refractivity contribution in [1.29, 1.82) is 0 Å². The van der Waals surface area contributed by atoms with Gasteiger partial charge in [0, 0.05) is 26.3 Å². The van der Waals surface area contributed by atoms with Gasteiger partial charge in [-0.25, -0.2) is 0 Å². The van der Waals surface area contributed by atoms with Crippen LogP contribution in [0.25, 0.3) is 0 Å². The Bertz CT molecular complexity index is 161. The van der Waals surface area contributed by atoms with Crippen LogP contribution in [0.2, 0.25) is 0 Å². The van der Waals surface area contributed by atoms with Crippen molar-refractivity contribution in [1.82, 2.24) is 5.32 Å². The van der Waals surface area contributed by atoms with Crippen LogP contribution in [0.3, 0.4) is 0 Å². The Morgan fingerprint density at radius 3 is 2.73 bits per heavy atom. The van der Waals surface area contributed by atoms with E-state index in [4.69, 9.17) is 4.74 Å². The number of hydrogen-bond acceptors (Lipinski definition) is 2. The Morgan fingerprint density at radius 1 is 1.27 bits per heavy atom. The van der Waals surface area contributed by atoms with Gasteiger partial charge in [0.2, 0.25) is 0 Å². The molecule has 0 amide bonds. The highest BCUT2D eigenvalue weighted by molar-refractivity contribution is 4.77. The summed E-state index contributed by atoms with van der Waals surface area (Å²) >= 11 is 0. The SMILES string of the molecule is COCC(C)CNC1CCCCCC1C. The third kappa shape index (κ3) is 4.98. The Hall–Kier alpha value is -0.0800. The molecule has 1 fully saturated rings. The van der Waals surface area contributed by atoms with E-state index in [1.807, 2.05) is 0 Å². The Balaban J connectivity index is 2.22. The molecule has 1 N–H and O–H groups in total. The van der Waals surface area contributed by atoms with Gasteiger partial charge in [-0.1, -0.05) is 33.1 Å². The van der Waals surface area contributed by atoms with Gasteiger partial charge in [0.25, 0.3) is 0 Å². The molecule has 0 aromatic carbocycles. The lowest BCUT2D eigenvalue weighted by Gasteiger charge is -2.24. The van der Waals surface area contributed by atoms with Gasteiger partial charge in [-0.3, -0.25) is 0 Å². The lowest BCUT2D eigenvalue weighted by Crippen LogP contribution is -2.37. The summed E-state index contributed by atoms with van der Waals surface area (Å²) in [5, 5.41) is 3.72. The molecule has 1 aliphatic rings. The van der Waals surface area contributed by atoms with Crippen LogP contribution in [0, 0.1) is 11.8 Å². The summed E-state index contributed by atoms with van der Waals surface area (Å²) in [4.78, 5) is 0. The summed E-state index contributed by atoms with van der Waals surface area (Å²) in [5.41, 5.74) is 0. The summed E-state index contributed by atoms with van der Waals surface area (Å²) < 4.78 is 5.16. The molecule has 0 radical (unpaired) electrons. The summed E-state index contributed by atoms with van der Waals surface area (Å²) in [6, 6.07) is 0.742. The van der Waals surface area contributed by atoms with Gasteiger partial charge in [-0.2, -0.15) is 0 Å². The van der Waals surface area contributed by atoms with Gasteiger partial charge in [-0.15, -0.1) is 0 Å². The molecule has 0 spiro atoms. The van der Waals surface area contributed by atoms with E-state index in [9.17, 15) is 0 Å². The van der Waals surface area contributed by atoms with E-state index in [2.05, 4.69) is 19.2 Å². The smallest absolute Gasteiger partial charge is 0.0499 e. The van der Waals surface area contributed by atoms with Crippen LogP contribution in [0.15, 0.2) is 0 Å². The van der Waals surface area contributed by atoms with Crippen LogP contribution in [0.4, 0.5) is 0 Å². The summed E-state index contributed by atoms with van der Waals surface area (Å²) in [6.45, 7) is 6.61. The first kappa shape index (κ1) is 13.0. The van der Waals surface area contributed by atoms with Crippen LogP contribution < -0.4 is 5.32 Å². The van der Waals surface area contributed by atoms with E-state index in [0.717, 1.165) is 25.1 Å². The zero-order chi connectivity index (χ0) is 11.1. The molecule has 90 valence electrons. The second-order valence-corrected chi connectivity index (χ2v) is 5.19. The number of methoxy groups -OCH3 is 1. The predicted molar refractivity (Wildman–Crippen MR) is 65.1 cm³/mol. The minimum absolute atomic E-state index is 0.630. The monoisotopic (exact) mass is 213 g/mol. The number of hydrogen-bond donors (Lipinski definition) is 1. The fraction of sp³-hybridized carbons (Fsp3) is 1.00. The highest BCUT2D eigenvalue weighted by atomic mass is 16.5. The molecule has 0 heterocycles. The second kappa shape index (κ2) is 7.24. The van der Waals surface area contributed by atoms with Crippen LogP contribution in [-0.2, 0) is 4.74 Å². The van der Waals surface area contributed by atoms with Crippen molar-refractivity contribution in [2.24, 2.45) is 11.8 Å². The molecule has 3 unspecified atom stereocenters. The molecule has 15 heavy (non-hydrogen) atoms. The molecule has 1 saturated carbocycles. The normalized spacial score (nSPS) is 29.8. The molecule has 1 aliphatic carbocycles. The highest BCUT2D eigenvalue weighted by Gasteiger charge is 2.19. The maximum atomic E-state index is 5.16. The van der Waals surface area contributed by atoms with E-state index in [1.165, 1.54) is 32.1 Å². The van der Waals surface area contributed by atoms with Crippen LogP contribution in [-0.4, -0.2) is 26.3 Å². The maximum Gasteiger partial charge on any atom is 0.0499 e. The third-order valence-corrected chi connectivity index (χ3v) is 3.54. The van der Waals surface area contributed by atoms with Gasteiger partial charge in [0.1, 0.15) is 0 Å². The molecule has 3 atom stereocenters. The van der Waals surface area contributed by atoms with Crippen molar-refractivity contribution in [3.8, 4) is 0 Å². The summed E-state index contributed by atoms with van der Waals surface area (Å²) in [6.07, 6.45) is 7.01. The number of ether oxygens (including phenoxy) is 1. The maximum absolute atomic E-state index is 5.16. The van der Waals surface area contributed by atoms with E-state index in [0.29, 0.717) is 5.92 Å². The molecular weight excluding hydrogens is 186 g/mol. The second-order valence-electron chi connectivity index (χ2n) is 5.19. The third-order valence-electron chi connectivity index (χ3n) is 3.54. The number of rotatable bonds is 5. The zero-order valence-corrected chi connectivity index (χ0v) is 10.6. The molecule has 2 nitrogen and oxygen atoms in total. The van der Waals surface area contributed by atoms with E-state index in [-0.39, 0.29) is 0 Å². The van der Waals surface area contributed by atoms with Crippen molar-refractivity contribution in [3.05, 3.63) is 0 Å². The Labute approximate surface area is 94.8 Å². The van der Waals surface area contributed by atoms with Crippen molar-refractivity contribution in [3.63, 3.8) is 0 Å². The zero-order valence-electron chi connectivity index (χ0n) is 10.6. The lowest BCUT2D eigenvalue weighted by atomic mass is 9.96. The number of nitrogens with one attached hydrogen (secondary N) is 1. The largest absolute Gasteiger partial charge is 0.384 e. The van der Waals surface area contributed by atoms with E-state index >= 15 is 0 Å². The Morgan fingerprint density at radius 2 is 2.00 bits per heavy atom. The topological polar surface area (TPSA) is 21.3 Å². The molecule has 0 saturated heterocycles. The van der Waals surface area contributed by atoms with Crippen molar-refractivity contribution >= 4 is 0 Å². The quantitative estimate of drug-likeness (QED) is 0.709. The van der Waals surface area contributed by atoms with Gasteiger partial charge >= 0.3 is 0 Å². The molecule has 0 aromatic heterocycles. The minimum Gasteiger partial charge on any atom is -0.384 e. The Kier molecular flexibility index (Phi) is 6.26. The minimum atomic E-state index is 0.630. The average molecular weight is 213 g/mol. The standard InChI is InChI=1S/C13H27NO/c1-11(10-15-3)9-14-13-8-6-4-5-7-12(13)2/h11-14H,4-10H2,1-3H3. The molecular formula is C13H27NO.